The molecule has 0 radical (unpaired) electrons. The topological polar surface area (TPSA) is 69.9 Å². The van der Waals surface area contributed by atoms with E-state index in [-0.39, 0.29) is 6.10 Å². The van der Waals surface area contributed by atoms with Crippen LogP contribution in [0.25, 0.3) is 0 Å². The number of hydrogen-bond acceptors (Lipinski definition) is 4. The third-order valence-electron chi connectivity index (χ3n) is 4.17. The summed E-state index contributed by atoms with van der Waals surface area (Å²) >= 11 is 0. The summed E-state index contributed by atoms with van der Waals surface area (Å²) in [4.78, 5) is 0. The van der Waals surface area contributed by atoms with Gasteiger partial charge >= 0.3 is 0 Å². The van der Waals surface area contributed by atoms with Gasteiger partial charge < -0.3 is 20.1 Å². The fourth-order valence-corrected chi connectivity index (χ4v) is 2.44. The van der Waals surface area contributed by atoms with E-state index in [0.717, 1.165) is 6.42 Å². The van der Waals surface area contributed by atoms with Crippen LogP contribution < -0.4 is 0 Å². The second-order valence-corrected chi connectivity index (χ2v) is 6.73. The molecule has 0 spiro atoms. The van der Waals surface area contributed by atoms with Crippen LogP contribution in [0, 0.1) is 0 Å². The molecule has 0 aliphatic carbocycles. The predicted molar refractivity (Wildman–Crippen MR) is 74.9 cm³/mol. The van der Waals surface area contributed by atoms with Gasteiger partial charge in [-0.15, -0.1) is 6.58 Å². The molecule has 4 atom stereocenters. The van der Waals surface area contributed by atoms with E-state index in [4.69, 9.17) is 4.74 Å². The molecule has 3 N–H and O–H groups in total. The highest BCUT2D eigenvalue weighted by Gasteiger charge is 2.46. The molecule has 1 aliphatic rings. The molecule has 1 fully saturated rings. The molecule has 4 nitrogen and oxygen atoms in total. The fraction of sp³-hybridized carbons (Fsp3) is 0.867. The fourth-order valence-electron chi connectivity index (χ4n) is 2.44. The lowest BCUT2D eigenvalue weighted by Crippen LogP contribution is -2.44. The van der Waals surface area contributed by atoms with E-state index in [2.05, 4.69) is 6.58 Å². The Morgan fingerprint density at radius 1 is 1.42 bits per heavy atom. The SMILES string of the molecule is C=C[C@@](C)(O)CC[C@H](O)[C@@]1(C)CC[C@H](C(C)(C)O)O1. The maximum atomic E-state index is 10.3. The third kappa shape index (κ3) is 4.28. The van der Waals surface area contributed by atoms with Gasteiger partial charge in [-0.2, -0.15) is 0 Å². The number of hydrogen-bond donors (Lipinski definition) is 3. The van der Waals surface area contributed by atoms with Gasteiger partial charge in [0.2, 0.25) is 0 Å². The molecule has 1 rings (SSSR count). The molecule has 0 bridgehead atoms. The van der Waals surface area contributed by atoms with E-state index < -0.39 is 22.9 Å². The quantitative estimate of drug-likeness (QED) is 0.645. The molecule has 1 heterocycles. The minimum absolute atomic E-state index is 0.257. The van der Waals surface area contributed by atoms with Gasteiger partial charge in [-0.25, -0.2) is 0 Å². The Morgan fingerprint density at radius 3 is 2.42 bits per heavy atom. The van der Waals surface area contributed by atoms with Crippen LogP contribution in [0.1, 0.15) is 53.4 Å². The average Bonchev–Trinajstić information content (AvgIpc) is 2.70. The molecule has 19 heavy (non-hydrogen) atoms. The monoisotopic (exact) mass is 272 g/mol. The summed E-state index contributed by atoms with van der Waals surface area (Å²) in [7, 11) is 0. The van der Waals surface area contributed by atoms with E-state index in [1.165, 1.54) is 6.08 Å². The molecule has 0 saturated carbocycles. The van der Waals surface area contributed by atoms with Crippen molar-refractivity contribution < 1.29 is 20.1 Å². The van der Waals surface area contributed by atoms with E-state index in [1.807, 2.05) is 6.92 Å². The zero-order valence-electron chi connectivity index (χ0n) is 12.5. The molecule has 0 aromatic carbocycles. The minimum atomic E-state index is -0.967. The predicted octanol–water partition coefficient (Wildman–Crippen LogP) is 1.77. The van der Waals surface area contributed by atoms with Gasteiger partial charge in [0.05, 0.1) is 29.0 Å². The van der Waals surface area contributed by atoms with Crippen molar-refractivity contribution in [3.8, 4) is 0 Å². The van der Waals surface area contributed by atoms with Crippen molar-refractivity contribution in [1.29, 1.82) is 0 Å². The number of ether oxygens (including phenoxy) is 1. The molecule has 0 aromatic heterocycles. The largest absolute Gasteiger partial charge is 0.390 e. The molecular formula is C15H28O4. The van der Waals surface area contributed by atoms with Gasteiger partial charge in [-0.05, 0) is 53.4 Å². The first-order valence-corrected chi connectivity index (χ1v) is 6.94. The summed E-state index contributed by atoms with van der Waals surface area (Å²) in [5, 5.41) is 30.1. The molecule has 0 aromatic rings. The summed E-state index contributed by atoms with van der Waals surface area (Å²) in [6.45, 7) is 10.6. The Balaban J connectivity index is 2.58. The highest BCUT2D eigenvalue weighted by atomic mass is 16.5. The Kier molecular flexibility index (Phi) is 4.84. The summed E-state index contributed by atoms with van der Waals surface area (Å²) in [6.07, 6.45) is 2.88. The van der Waals surface area contributed by atoms with Crippen molar-refractivity contribution in [2.75, 3.05) is 0 Å². The van der Waals surface area contributed by atoms with Crippen LogP contribution in [-0.2, 0) is 4.74 Å². The van der Waals surface area contributed by atoms with Gasteiger partial charge in [0, 0.05) is 0 Å². The smallest absolute Gasteiger partial charge is 0.0918 e. The Morgan fingerprint density at radius 2 is 2.00 bits per heavy atom. The molecule has 4 heteroatoms. The van der Waals surface area contributed by atoms with Gasteiger partial charge in [0.15, 0.2) is 0 Å². The number of rotatable bonds is 6. The van der Waals surface area contributed by atoms with Crippen molar-refractivity contribution in [2.45, 2.75) is 82.4 Å². The zero-order valence-corrected chi connectivity index (χ0v) is 12.5. The molecule has 1 aliphatic heterocycles. The number of aliphatic hydroxyl groups is 3. The minimum Gasteiger partial charge on any atom is -0.390 e. The maximum absolute atomic E-state index is 10.3. The van der Waals surface area contributed by atoms with Crippen LogP contribution in [0.5, 0.6) is 0 Å². The lowest BCUT2D eigenvalue weighted by Gasteiger charge is -2.34. The summed E-state index contributed by atoms with van der Waals surface area (Å²) in [6, 6.07) is 0. The first-order chi connectivity index (χ1) is 8.50. The Hall–Kier alpha value is -0.420. The standard InChI is InChI=1S/C15H28O4/c1-6-14(4,18)9-7-11(16)15(5)10-8-12(19-15)13(2,3)17/h6,11-12,16-18H,1,7-10H2,2-5H3/t11-,12+,14+,15+/m0/s1. The molecule has 0 unspecified atom stereocenters. The van der Waals surface area contributed by atoms with E-state index in [9.17, 15) is 15.3 Å². The zero-order chi connectivity index (χ0) is 14.9. The van der Waals surface area contributed by atoms with Crippen LogP contribution in [0.2, 0.25) is 0 Å². The third-order valence-corrected chi connectivity index (χ3v) is 4.17. The van der Waals surface area contributed by atoms with Crippen molar-refractivity contribution >= 4 is 0 Å². The summed E-state index contributed by atoms with van der Waals surface area (Å²) in [5.41, 5.74) is -2.52. The van der Waals surface area contributed by atoms with Gasteiger partial charge in [0.1, 0.15) is 0 Å². The van der Waals surface area contributed by atoms with Gasteiger partial charge in [-0.3, -0.25) is 0 Å². The average molecular weight is 272 g/mol. The first kappa shape index (κ1) is 16.6. The van der Waals surface area contributed by atoms with Crippen LogP contribution in [0.3, 0.4) is 0 Å². The van der Waals surface area contributed by atoms with E-state index in [0.29, 0.717) is 19.3 Å². The van der Waals surface area contributed by atoms with Gasteiger partial charge in [-0.1, -0.05) is 6.08 Å². The van der Waals surface area contributed by atoms with Crippen LogP contribution >= 0.6 is 0 Å². The van der Waals surface area contributed by atoms with E-state index in [1.54, 1.807) is 20.8 Å². The van der Waals surface area contributed by atoms with Crippen molar-refractivity contribution in [1.82, 2.24) is 0 Å². The second kappa shape index (κ2) is 5.52. The molecule has 1 saturated heterocycles. The Labute approximate surface area is 116 Å². The van der Waals surface area contributed by atoms with Crippen molar-refractivity contribution in [3.05, 3.63) is 12.7 Å². The Bertz CT molecular complexity index is 319. The molecule has 112 valence electrons. The van der Waals surface area contributed by atoms with Crippen molar-refractivity contribution in [2.24, 2.45) is 0 Å². The highest BCUT2D eigenvalue weighted by Crippen LogP contribution is 2.38. The summed E-state index contributed by atoms with van der Waals surface area (Å²) in [5.74, 6) is 0. The normalized spacial score (nSPS) is 32.9. The first-order valence-electron chi connectivity index (χ1n) is 6.94. The van der Waals surface area contributed by atoms with Crippen LogP contribution in [0.4, 0.5) is 0 Å². The van der Waals surface area contributed by atoms with Gasteiger partial charge in [0.25, 0.3) is 0 Å². The lowest BCUT2D eigenvalue weighted by atomic mass is 9.88. The molecule has 0 amide bonds. The highest BCUT2D eigenvalue weighted by molar-refractivity contribution is 4.98. The van der Waals surface area contributed by atoms with Crippen LogP contribution in [0.15, 0.2) is 12.7 Å². The van der Waals surface area contributed by atoms with Crippen molar-refractivity contribution in [3.63, 3.8) is 0 Å². The summed E-state index contributed by atoms with van der Waals surface area (Å²) < 4.78 is 5.87. The lowest BCUT2D eigenvalue weighted by molar-refractivity contribution is -0.155. The van der Waals surface area contributed by atoms with E-state index >= 15 is 0 Å². The maximum Gasteiger partial charge on any atom is 0.0918 e. The molecular weight excluding hydrogens is 244 g/mol. The van der Waals surface area contributed by atoms with Crippen LogP contribution in [-0.4, -0.2) is 44.3 Å². The number of aliphatic hydroxyl groups excluding tert-OH is 1. The second-order valence-electron chi connectivity index (χ2n) is 6.73.